The van der Waals surface area contributed by atoms with E-state index in [-0.39, 0.29) is 12.0 Å². The van der Waals surface area contributed by atoms with E-state index in [1.807, 2.05) is 25.2 Å². The normalized spacial score (nSPS) is 24.1. The van der Waals surface area contributed by atoms with Crippen LogP contribution in [0.3, 0.4) is 0 Å². The highest BCUT2D eigenvalue weighted by atomic mass is 16.4. The van der Waals surface area contributed by atoms with Gasteiger partial charge in [0, 0.05) is 12.6 Å². The van der Waals surface area contributed by atoms with E-state index in [0.29, 0.717) is 0 Å². The summed E-state index contributed by atoms with van der Waals surface area (Å²) in [4.78, 5) is 13.3. The van der Waals surface area contributed by atoms with Crippen LogP contribution in [0.25, 0.3) is 0 Å². The highest BCUT2D eigenvalue weighted by Gasteiger charge is 2.35. The van der Waals surface area contributed by atoms with E-state index in [1.54, 1.807) is 0 Å². The van der Waals surface area contributed by atoms with E-state index in [0.717, 1.165) is 25.8 Å². The fourth-order valence-corrected chi connectivity index (χ4v) is 2.74. The van der Waals surface area contributed by atoms with Gasteiger partial charge in [-0.2, -0.15) is 0 Å². The SMILES string of the molecule is CN(Cc1ccccc1)C1CCCC1C(=O)O. The topological polar surface area (TPSA) is 40.5 Å². The monoisotopic (exact) mass is 233 g/mol. The number of rotatable bonds is 4. The molecular formula is C14H19NO2. The van der Waals surface area contributed by atoms with Gasteiger partial charge in [0.05, 0.1) is 5.92 Å². The molecular weight excluding hydrogens is 214 g/mol. The summed E-state index contributed by atoms with van der Waals surface area (Å²) < 4.78 is 0. The van der Waals surface area contributed by atoms with E-state index in [2.05, 4.69) is 17.0 Å². The van der Waals surface area contributed by atoms with Crippen molar-refractivity contribution in [1.29, 1.82) is 0 Å². The molecule has 3 nitrogen and oxygen atoms in total. The van der Waals surface area contributed by atoms with Gasteiger partial charge in [0.25, 0.3) is 0 Å². The minimum atomic E-state index is -0.646. The van der Waals surface area contributed by atoms with Crippen LogP contribution in [-0.4, -0.2) is 29.1 Å². The Hall–Kier alpha value is -1.35. The lowest BCUT2D eigenvalue weighted by Gasteiger charge is -2.27. The predicted molar refractivity (Wildman–Crippen MR) is 66.7 cm³/mol. The summed E-state index contributed by atoms with van der Waals surface area (Å²) >= 11 is 0. The molecule has 1 aliphatic rings. The van der Waals surface area contributed by atoms with Crippen molar-refractivity contribution >= 4 is 5.97 Å². The van der Waals surface area contributed by atoms with Gasteiger partial charge >= 0.3 is 5.97 Å². The van der Waals surface area contributed by atoms with Gasteiger partial charge in [-0.25, -0.2) is 0 Å². The largest absolute Gasteiger partial charge is 0.481 e. The summed E-state index contributed by atoms with van der Waals surface area (Å²) in [5.41, 5.74) is 1.24. The number of carboxylic acid groups (broad SMARTS) is 1. The van der Waals surface area contributed by atoms with E-state index >= 15 is 0 Å². The Bertz CT molecular complexity index is 377. The average molecular weight is 233 g/mol. The Morgan fingerprint density at radius 1 is 1.35 bits per heavy atom. The van der Waals surface area contributed by atoms with Gasteiger partial charge in [0.1, 0.15) is 0 Å². The van der Waals surface area contributed by atoms with E-state index in [4.69, 9.17) is 0 Å². The minimum absolute atomic E-state index is 0.188. The zero-order valence-corrected chi connectivity index (χ0v) is 10.2. The van der Waals surface area contributed by atoms with Crippen LogP contribution < -0.4 is 0 Å². The summed E-state index contributed by atoms with van der Waals surface area (Å²) in [5.74, 6) is -0.837. The van der Waals surface area contributed by atoms with Crippen LogP contribution in [0.2, 0.25) is 0 Å². The molecule has 1 fully saturated rings. The zero-order valence-electron chi connectivity index (χ0n) is 10.2. The van der Waals surface area contributed by atoms with Crippen LogP contribution in [0.1, 0.15) is 24.8 Å². The van der Waals surface area contributed by atoms with Crippen LogP contribution in [0.15, 0.2) is 30.3 Å². The molecule has 0 aromatic heterocycles. The van der Waals surface area contributed by atoms with Gasteiger partial charge in [-0.3, -0.25) is 9.69 Å². The van der Waals surface area contributed by atoms with E-state index in [1.165, 1.54) is 5.56 Å². The molecule has 17 heavy (non-hydrogen) atoms. The van der Waals surface area contributed by atoms with E-state index in [9.17, 15) is 9.90 Å². The first-order valence-electron chi connectivity index (χ1n) is 6.15. The molecule has 2 unspecified atom stereocenters. The second-order valence-corrected chi connectivity index (χ2v) is 4.84. The number of hydrogen-bond donors (Lipinski definition) is 1. The molecule has 1 aromatic rings. The second-order valence-electron chi connectivity index (χ2n) is 4.84. The zero-order chi connectivity index (χ0) is 12.3. The van der Waals surface area contributed by atoms with Crippen LogP contribution >= 0.6 is 0 Å². The first kappa shape index (κ1) is 12.1. The molecule has 0 spiro atoms. The first-order chi connectivity index (χ1) is 8.18. The smallest absolute Gasteiger partial charge is 0.308 e. The van der Waals surface area contributed by atoms with Gasteiger partial charge in [-0.05, 0) is 25.5 Å². The van der Waals surface area contributed by atoms with Crippen molar-refractivity contribution < 1.29 is 9.90 Å². The second kappa shape index (κ2) is 5.32. The molecule has 0 bridgehead atoms. The minimum Gasteiger partial charge on any atom is -0.481 e. The summed E-state index contributed by atoms with van der Waals surface area (Å²) in [5, 5.41) is 9.17. The highest BCUT2D eigenvalue weighted by molar-refractivity contribution is 5.71. The lowest BCUT2D eigenvalue weighted by molar-refractivity contribution is -0.143. The quantitative estimate of drug-likeness (QED) is 0.868. The Morgan fingerprint density at radius 2 is 2.06 bits per heavy atom. The fraction of sp³-hybridized carbons (Fsp3) is 0.500. The Balaban J connectivity index is 2.00. The van der Waals surface area contributed by atoms with Crippen molar-refractivity contribution in [2.75, 3.05) is 7.05 Å². The maximum Gasteiger partial charge on any atom is 0.308 e. The van der Waals surface area contributed by atoms with Crippen LogP contribution in [0, 0.1) is 5.92 Å². The van der Waals surface area contributed by atoms with Gasteiger partial charge in [0.15, 0.2) is 0 Å². The van der Waals surface area contributed by atoms with Gasteiger partial charge < -0.3 is 5.11 Å². The maximum absolute atomic E-state index is 11.1. The van der Waals surface area contributed by atoms with E-state index < -0.39 is 5.97 Å². The van der Waals surface area contributed by atoms with Crippen molar-refractivity contribution in [3.63, 3.8) is 0 Å². The lowest BCUT2D eigenvalue weighted by Crippen LogP contribution is -2.37. The summed E-state index contributed by atoms with van der Waals surface area (Å²) in [6.45, 7) is 0.829. The molecule has 92 valence electrons. The predicted octanol–water partition coefficient (Wildman–Crippen LogP) is 2.37. The van der Waals surface area contributed by atoms with Crippen LogP contribution in [0.5, 0.6) is 0 Å². The molecule has 0 heterocycles. The third-order valence-electron chi connectivity index (χ3n) is 3.64. The summed E-state index contributed by atoms with van der Waals surface area (Å²) in [7, 11) is 2.03. The van der Waals surface area contributed by atoms with Crippen LogP contribution in [0.4, 0.5) is 0 Å². The number of nitrogens with zero attached hydrogens (tertiary/aromatic N) is 1. The van der Waals surface area contributed by atoms with Crippen molar-refractivity contribution in [3.8, 4) is 0 Å². The molecule has 0 amide bonds. The fourth-order valence-electron chi connectivity index (χ4n) is 2.74. The molecule has 1 aliphatic carbocycles. The van der Waals surface area contributed by atoms with Crippen molar-refractivity contribution in [1.82, 2.24) is 4.90 Å². The number of carbonyl (C=O) groups is 1. The highest BCUT2D eigenvalue weighted by Crippen LogP contribution is 2.30. The van der Waals surface area contributed by atoms with Crippen molar-refractivity contribution in [3.05, 3.63) is 35.9 Å². The third kappa shape index (κ3) is 2.86. The summed E-state index contributed by atoms with van der Waals surface area (Å²) in [6, 6.07) is 10.4. The molecule has 1 saturated carbocycles. The Kier molecular flexibility index (Phi) is 3.79. The molecule has 2 atom stereocenters. The molecule has 1 aromatic carbocycles. The standard InChI is InChI=1S/C14H19NO2/c1-15(10-11-6-3-2-4-7-11)13-9-5-8-12(13)14(16)17/h2-4,6-7,12-13H,5,8-10H2,1H3,(H,16,17). The molecule has 0 radical (unpaired) electrons. The third-order valence-corrected chi connectivity index (χ3v) is 3.64. The van der Waals surface area contributed by atoms with Crippen LogP contribution in [-0.2, 0) is 11.3 Å². The Labute approximate surface area is 102 Å². The van der Waals surface area contributed by atoms with Crippen molar-refractivity contribution in [2.24, 2.45) is 5.92 Å². The van der Waals surface area contributed by atoms with Gasteiger partial charge in [-0.1, -0.05) is 36.8 Å². The molecule has 2 rings (SSSR count). The molecule has 0 aliphatic heterocycles. The number of carboxylic acids is 1. The number of aliphatic carboxylic acids is 1. The van der Waals surface area contributed by atoms with Gasteiger partial charge in [-0.15, -0.1) is 0 Å². The lowest BCUT2D eigenvalue weighted by atomic mass is 10.0. The maximum atomic E-state index is 11.1. The molecule has 3 heteroatoms. The average Bonchev–Trinajstić information content (AvgIpc) is 2.79. The van der Waals surface area contributed by atoms with Gasteiger partial charge in [0.2, 0.25) is 0 Å². The van der Waals surface area contributed by atoms with Crippen molar-refractivity contribution in [2.45, 2.75) is 31.8 Å². The number of hydrogen-bond acceptors (Lipinski definition) is 2. The number of benzene rings is 1. The molecule has 1 N–H and O–H groups in total. The first-order valence-corrected chi connectivity index (χ1v) is 6.15. The molecule has 0 saturated heterocycles. The summed E-state index contributed by atoms with van der Waals surface area (Å²) in [6.07, 6.45) is 2.85. The Morgan fingerprint density at radius 3 is 2.71 bits per heavy atom.